The quantitative estimate of drug-likeness (QED) is 0.312. The fraction of sp³-hybridized carbons (Fsp3) is 0.143. The Balaban J connectivity index is 3.49. The van der Waals surface area contributed by atoms with E-state index in [-0.39, 0.29) is 15.7 Å². The van der Waals surface area contributed by atoms with Gasteiger partial charge in [0.2, 0.25) is 0 Å². The highest BCUT2D eigenvalue weighted by atomic mass is 79.9. The third-order valence-corrected chi connectivity index (χ3v) is 2.09. The maximum Gasteiger partial charge on any atom is 0.143 e. The van der Waals surface area contributed by atoms with Crippen molar-refractivity contribution in [2.45, 2.75) is 6.92 Å². The van der Waals surface area contributed by atoms with Crippen LogP contribution < -0.4 is 0 Å². The summed E-state index contributed by atoms with van der Waals surface area (Å²) in [6, 6.07) is 1.09. The fourth-order valence-electron chi connectivity index (χ4n) is 0.835. The summed E-state index contributed by atoms with van der Waals surface area (Å²) in [4.78, 5) is 2.42. The van der Waals surface area contributed by atoms with E-state index in [1.807, 2.05) is 0 Å². The van der Waals surface area contributed by atoms with Gasteiger partial charge in [-0.3, -0.25) is 0 Å². The molecule has 0 bridgehead atoms. The molecule has 0 unspecified atom stereocenters. The molecule has 0 aliphatic carbocycles. The highest BCUT2D eigenvalue weighted by molar-refractivity contribution is 9.10. The molecule has 0 saturated heterocycles. The van der Waals surface area contributed by atoms with Gasteiger partial charge in [0, 0.05) is 10.5 Å². The molecule has 0 aliphatic rings. The molecule has 0 N–H and O–H groups in total. The monoisotopic (exact) mass is 247 g/mol. The van der Waals surface area contributed by atoms with Crippen LogP contribution in [0.2, 0.25) is 0 Å². The third-order valence-electron chi connectivity index (χ3n) is 1.51. The van der Waals surface area contributed by atoms with Crippen molar-refractivity contribution in [1.29, 1.82) is 0 Å². The molecule has 0 amide bonds. The van der Waals surface area contributed by atoms with Gasteiger partial charge in [-0.25, -0.2) is 8.78 Å². The number of benzene rings is 1. The molecule has 1 aromatic rings. The van der Waals surface area contributed by atoms with E-state index in [0.29, 0.717) is 0 Å². The molecule has 6 heteroatoms. The lowest BCUT2D eigenvalue weighted by Gasteiger charge is -2.03. The molecule has 0 radical (unpaired) electrons. The molecular formula is C7H4BrF2N3. The Morgan fingerprint density at radius 1 is 1.46 bits per heavy atom. The Bertz CT molecular complexity index is 399. The average Bonchev–Trinajstić information content (AvgIpc) is 2.11. The molecule has 0 spiro atoms. The highest BCUT2D eigenvalue weighted by Crippen LogP contribution is 2.29. The normalized spacial score (nSPS) is 9.54. The van der Waals surface area contributed by atoms with Gasteiger partial charge < -0.3 is 0 Å². The first-order chi connectivity index (χ1) is 6.07. The fourth-order valence-corrected chi connectivity index (χ4v) is 1.35. The van der Waals surface area contributed by atoms with E-state index < -0.39 is 11.6 Å². The Labute approximate surface area is 81.1 Å². The van der Waals surface area contributed by atoms with Crippen molar-refractivity contribution in [2.75, 3.05) is 0 Å². The number of azide groups is 1. The van der Waals surface area contributed by atoms with Gasteiger partial charge in [0.1, 0.15) is 11.6 Å². The van der Waals surface area contributed by atoms with Gasteiger partial charge >= 0.3 is 0 Å². The van der Waals surface area contributed by atoms with Crippen molar-refractivity contribution in [1.82, 2.24) is 0 Å². The van der Waals surface area contributed by atoms with Gasteiger partial charge in [0.15, 0.2) is 0 Å². The molecule has 68 valence electrons. The lowest BCUT2D eigenvalue weighted by Crippen LogP contribution is -1.90. The van der Waals surface area contributed by atoms with Crippen molar-refractivity contribution >= 4 is 21.6 Å². The summed E-state index contributed by atoms with van der Waals surface area (Å²) in [5.41, 5.74) is 7.69. The number of nitrogens with zero attached hydrogens (tertiary/aromatic N) is 3. The smallest absolute Gasteiger partial charge is 0.143 e. The van der Waals surface area contributed by atoms with E-state index in [4.69, 9.17) is 5.53 Å². The van der Waals surface area contributed by atoms with E-state index in [2.05, 4.69) is 26.0 Å². The van der Waals surface area contributed by atoms with Crippen LogP contribution in [0, 0.1) is 18.6 Å². The number of halogens is 3. The van der Waals surface area contributed by atoms with Crippen LogP contribution >= 0.6 is 15.9 Å². The molecule has 0 atom stereocenters. The van der Waals surface area contributed by atoms with Crippen molar-refractivity contribution in [3.8, 4) is 0 Å². The van der Waals surface area contributed by atoms with Crippen LogP contribution in [0.15, 0.2) is 15.7 Å². The van der Waals surface area contributed by atoms with Crippen molar-refractivity contribution in [3.05, 3.63) is 38.2 Å². The molecule has 0 aromatic heterocycles. The number of rotatable bonds is 1. The van der Waals surface area contributed by atoms with Crippen LogP contribution in [0.1, 0.15) is 5.56 Å². The minimum absolute atomic E-state index is 0.0776. The van der Waals surface area contributed by atoms with Crippen LogP contribution in [0.3, 0.4) is 0 Å². The molecule has 0 heterocycles. The summed E-state index contributed by atoms with van der Waals surface area (Å²) in [6.07, 6.45) is 0. The van der Waals surface area contributed by atoms with Crippen LogP contribution in [-0.4, -0.2) is 0 Å². The second kappa shape index (κ2) is 3.72. The molecule has 0 saturated carbocycles. The SMILES string of the molecule is Cc1c(F)c(Br)cc(N=[N+]=[N-])c1F. The Morgan fingerprint density at radius 3 is 2.62 bits per heavy atom. The van der Waals surface area contributed by atoms with Crippen molar-refractivity contribution < 1.29 is 8.78 Å². The van der Waals surface area contributed by atoms with Crippen LogP contribution in [-0.2, 0) is 0 Å². The summed E-state index contributed by atoms with van der Waals surface area (Å²) in [6.45, 7) is 1.27. The number of hydrogen-bond acceptors (Lipinski definition) is 1. The summed E-state index contributed by atoms with van der Waals surface area (Å²) >= 11 is 2.88. The molecular weight excluding hydrogens is 244 g/mol. The van der Waals surface area contributed by atoms with Crippen LogP contribution in [0.4, 0.5) is 14.5 Å². The first-order valence-electron chi connectivity index (χ1n) is 3.27. The average molecular weight is 248 g/mol. The first kappa shape index (κ1) is 9.95. The van der Waals surface area contributed by atoms with Gasteiger partial charge in [0.05, 0.1) is 10.2 Å². The zero-order chi connectivity index (χ0) is 10.0. The summed E-state index contributed by atoms with van der Waals surface area (Å²) < 4.78 is 26.2. The largest absolute Gasteiger partial charge is 0.206 e. The Morgan fingerprint density at radius 2 is 2.08 bits per heavy atom. The molecule has 1 rings (SSSR count). The van der Waals surface area contributed by atoms with Gasteiger partial charge in [0.25, 0.3) is 0 Å². The molecule has 0 fully saturated rings. The van der Waals surface area contributed by atoms with E-state index in [1.54, 1.807) is 0 Å². The Kier molecular flexibility index (Phi) is 2.85. The van der Waals surface area contributed by atoms with E-state index in [9.17, 15) is 8.78 Å². The molecule has 3 nitrogen and oxygen atoms in total. The summed E-state index contributed by atoms with van der Waals surface area (Å²) in [5, 5.41) is 3.08. The van der Waals surface area contributed by atoms with E-state index in [1.165, 1.54) is 6.92 Å². The van der Waals surface area contributed by atoms with Gasteiger partial charge in [-0.2, -0.15) is 0 Å². The van der Waals surface area contributed by atoms with Crippen molar-refractivity contribution in [2.24, 2.45) is 5.11 Å². The molecule has 0 aliphatic heterocycles. The molecule has 13 heavy (non-hydrogen) atoms. The zero-order valence-electron chi connectivity index (χ0n) is 6.55. The standard InChI is InChI=1S/C7H4BrF2N3/c1-3-6(9)4(8)2-5(7(3)10)12-13-11/h2H,1H3. The molecule has 1 aromatic carbocycles. The predicted octanol–water partition coefficient (Wildman–Crippen LogP) is 3.98. The number of hydrogen-bond donors (Lipinski definition) is 0. The van der Waals surface area contributed by atoms with Crippen LogP contribution in [0.5, 0.6) is 0 Å². The zero-order valence-corrected chi connectivity index (χ0v) is 8.14. The maximum atomic E-state index is 13.1. The minimum atomic E-state index is -0.835. The maximum absolute atomic E-state index is 13.1. The second-order valence-corrected chi connectivity index (χ2v) is 3.17. The van der Waals surface area contributed by atoms with Crippen molar-refractivity contribution in [3.63, 3.8) is 0 Å². The van der Waals surface area contributed by atoms with E-state index >= 15 is 0 Å². The van der Waals surface area contributed by atoms with E-state index in [0.717, 1.165) is 6.07 Å². The Hall–Kier alpha value is -1.13. The second-order valence-electron chi connectivity index (χ2n) is 2.32. The highest BCUT2D eigenvalue weighted by Gasteiger charge is 2.12. The third kappa shape index (κ3) is 1.79. The van der Waals surface area contributed by atoms with Gasteiger partial charge in [-0.05, 0) is 34.5 Å². The lowest BCUT2D eigenvalue weighted by molar-refractivity contribution is 0.565. The summed E-state index contributed by atoms with van der Waals surface area (Å²) in [5.74, 6) is -1.52. The lowest BCUT2D eigenvalue weighted by atomic mass is 10.2. The summed E-state index contributed by atoms with van der Waals surface area (Å²) in [7, 11) is 0. The topological polar surface area (TPSA) is 48.8 Å². The first-order valence-corrected chi connectivity index (χ1v) is 4.06. The van der Waals surface area contributed by atoms with Gasteiger partial charge in [-0.1, -0.05) is 5.11 Å². The van der Waals surface area contributed by atoms with Crippen LogP contribution in [0.25, 0.3) is 10.4 Å². The predicted molar refractivity (Wildman–Crippen MR) is 47.6 cm³/mol. The van der Waals surface area contributed by atoms with Gasteiger partial charge in [-0.15, -0.1) is 0 Å². The minimum Gasteiger partial charge on any atom is -0.206 e.